The third-order valence-electron chi connectivity index (χ3n) is 6.27. The van der Waals surface area contributed by atoms with Gasteiger partial charge in [0.05, 0.1) is 47.4 Å². The summed E-state index contributed by atoms with van der Waals surface area (Å²) in [4.78, 5) is 22.6. The van der Waals surface area contributed by atoms with Crippen molar-refractivity contribution < 1.29 is 9.53 Å². The highest BCUT2D eigenvalue weighted by molar-refractivity contribution is 6.36. The largest absolute Gasteiger partial charge is 0.453 e. The van der Waals surface area contributed by atoms with Crippen molar-refractivity contribution in [1.29, 1.82) is 10.5 Å². The van der Waals surface area contributed by atoms with Gasteiger partial charge in [-0.2, -0.15) is 20.0 Å². The number of ether oxygens (including phenoxy) is 1. The molecule has 1 saturated carbocycles. The highest BCUT2D eigenvalue weighted by Gasteiger charge is 2.33. The van der Waals surface area contributed by atoms with Crippen LogP contribution in [0.4, 0.5) is 27.9 Å². The topological polar surface area (TPSA) is 156 Å². The van der Waals surface area contributed by atoms with Gasteiger partial charge in [-0.3, -0.25) is 0 Å². The quantitative estimate of drug-likeness (QED) is 0.454. The van der Waals surface area contributed by atoms with Gasteiger partial charge in [-0.05, 0) is 30.9 Å². The Hall–Kier alpha value is -4.29. The number of hydrogen-bond donors (Lipinski definition) is 3. The Balaban J connectivity index is 1.49. The molecule has 0 unspecified atom stereocenters. The first-order chi connectivity index (χ1) is 17.4. The molecule has 2 aromatic heterocycles. The molecule has 2 aliphatic rings. The van der Waals surface area contributed by atoms with Crippen molar-refractivity contribution in [2.75, 3.05) is 35.7 Å². The Morgan fingerprint density at radius 3 is 2.75 bits per heavy atom. The summed E-state index contributed by atoms with van der Waals surface area (Å²) in [5.41, 5.74) is 2.21. The van der Waals surface area contributed by atoms with E-state index < -0.39 is 6.09 Å². The fraction of sp³-hybridized carbons (Fsp3) is 0.391. The smallest absolute Gasteiger partial charge is 0.407 e. The minimum absolute atomic E-state index is 0.134. The molecule has 3 N–H and O–H groups in total. The van der Waals surface area contributed by atoms with Crippen LogP contribution < -0.4 is 20.9 Å². The van der Waals surface area contributed by atoms with Gasteiger partial charge >= 0.3 is 6.09 Å². The van der Waals surface area contributed by atoms with E-state index >= 15 is 0 Å². The Bertz CT molecular complexity index is 1420. The summed E-state index contributed by atoms with van der Waals surface area (Å²) >= 11 is 6.82. The second kappa shape index (κ2) is 9.40. The van der Waals surface area contributed by atoms with Gasteiger partial charge in [-0.1, -0.05) is 18.5 Å². The third-order valence-corrected chi connectivity index (χ3v) is 6.66. The Kier molecular flexibility index (Phi) is 6.12. The van der Waals surface area contributed by atoms with Gasteiger partial charge in [0.25, 0.3) is 0 Å². The van der Waals surface area contributed by atoms with Crippen LogP contribution in [0.15, 0.2) is 18.3 Å². The van der Waals surface area contributed by atoms with Crippen LogP contribution in [0.1, 0.15) is 31.0 Å². The highest BCUT2D eigenvalue weighted by atomic mass is 35.5. The number of carbonyl (C=O) groups is 1. The molecule has 1 aliphatic heterocycles. The monoisotopic (exact) mass is 506 g/mol. The van der Waals surface area contributed by atoms with Gasteiger partial charge in [0.2, 0.25) is 5.95 Å². The Morgan fingerprint density at radius 2 is 2.06 bits per heavy atom. The number of nitriles is 2. The number of imidazole rings is 1. The summed E-state index contributed by atoms with van der Waals surface area (Å²) in [6, 6.07) is 7.76. The predicted octanol–water partition coefficient (Wildman–Crippen LogP) is 3.02. The molecule has 0 spiro atoms. The van der Waals surface area contributed by atoms with E-state index in [-0.39, 0.29) is 23.6 Å². The first-order valence-corrected chi connectivity index (χ1v) is 11.8. The molecule has 1 aromatic carbocycles. The summed E-state index contributed by atoms with van der Waals surface area (Å²) in [5.74, 6) is 0.840. The van der Waals surface area contributed by atoms with Gasteiger partial charge in [0.15, 0.2) is 17.2 Å². The molecule has 2 fully saturated rings. The van der Waals surface area contributed by atoms with E-state index in [0.29, 0.717) is 52.6 Å². The maximum atomic E-state index is 11.7. The number of carbonyl (C=O) groups excluding carboxylic acids is 1. The molecule has 1 amide bonds. The molecule has 3 heterocycles. The number of anilines is 4. The zero-order valence-corrected chi connectivity index (χ0v) is 20.4. The van der Waals surface area contributed by atoms with Crippen LogP contribution in [-0.4, -0.2) is 58.0 Å². The number of rotatable bonds is 6. The molecule has 1 saturated heterocycles. The van der Waals surface area contributed by atoms with Crippen molar-refractivity contribution in [3.63, 3.8) is 0 Å². The average Bonchev–Trinajstić information content (AvgIpc) is 3.48. The minimum Gasteiger partial charge on any atom is -0.453 e. The molecule has 36 heavy (non-hydrogen) atoms. The van der Waals surface area contributed by atoms with Gasteiger partial charge in [0, 0.05) is 19.1 Å². The number of amides is 1. The second-order valence-electron chi connectivity index (χ2n) is 8.91. The van der Waals surface area contributed by atoms with E-state index in [1.807, 2.05) is 11.8 Å². The maximum absolute atomic E-state index is 11.7. The van der Waals surface area contributed by atoms with Crippen molar-refractivity contribution in [2.45, 2.75) is 31.8 Å². The van der Waals surface area contributed by atoms with Gasteiger partial charge in [-0.15, -0.1) is 5.10 Å². The molecule has 0 radical (unpaired) electrons. The van der Waals surface area contributed by atoms with E-state index in [4.69, 9.17) is 16.3 Å². The molecule has 5 rings (SSSR count). The number of hydrogen-bond acceptors (Lipinski definition) is 10. The Labute approximate surface area is 211 Å². The summed E-state index contributed by atoms with van der Waals surface area (Å²) < 4.78 is 6.16. The summed E-state index contributed by atoms with van der Waals surface area (Å²) in [7, 11) is 1.33. The fourth-order valence-corrected chi connectivity index (χ4v) is 4.48. The van der Waals surface area contributed by atoms with Gasteiger partial charge in [-0.25, -0.2) is 9.78 Å². The molecule has 12 nitrogen and oxygen atoms in total. The van der Waals surface area contributed by atoms with E-state index in [9.17, 15) is 15.3 Å². The van der Waals surface area contributed by atoms with Crippen molar-refractivity contribution in [1.82, 2.24) is 24.9 Å². The van der Waals surface area contributed by atoms with Crippen LogP contribution >= 0.6 is 11.6 Å². The normalized spacial score (nSPS) is 19.0. The first kappa shape index (κ1) is 23.5. The SMILES string of the molecule is COC(=O)N[C@@H]1CN(c2cc(C#N)cc(Nc3nc(NC4CC4)c4ncc(C#N)n4n3)c2Cl)C[C@H]1C. The number of halogens is 1. The van der Waals surface area contributed by atoms with Crippen LogP contribution in [0.5, 0.6) is 0 Å². The summed E-state index contributed by atoms with van der Waals surface area (Å²) in [5, 5.41) is 33.2. The number of nitrogens with zero attached hydrogens (tertiary/aromatic N) is 7. The van der Waals surface area contributed by atoms with Crippen LogP contribution in [0.2, 0.25) is 5.02 Å². The van der Waals surface area contributed by atoms with Gasteiger partial charge < -0.3 is 25.6 Å². The summed E-state index contributed by atoms with van der Waals surface area (Å²) in [6.07, 6.45) is 3.02. The molecule has 3 aromatic rings. The van der Waals surface area contributed by atoms with Crippen LogP contribution in [-0.2, 0) is 4.74 Å². The Morgan fingerprint density at radius 1 is 1.25 bits per heavy atom. The highest BCUT2D eigenvalue weighted by Crippen LogP contribution is 2.38. The lowest BCUT2D eigenvalue weighted by Gasteiger charge is -2.22. The first-order valence-electron chi connectivity index (χ1n) is 11.4. The molecular formula is C23H23ClN10O2. The second-order valence-corrected chi connectivity index (χ2v) is 9.29. The molecular weight excluding hydrogens is 484 g/mol. The molecule has 13 heteroatoms. The fourth-order valence-electron chi connectivity index (χ4n) is 4.21. The predicted molar refractivity (Wildman–Crippen MR) is 132 cm³/mol. The zero-order chi connectivity index (χ0) is 25.4. The lowest BCUT2D eigenvalue weighted by Crippen LogP contribution is -2.39. The van der Waals surface area contributed by atoms with Crippen molar-refractivity contribution in [3.8, 4) is 12.1 Å². The molecule has 184 valence electrons. The summed E-state index contributed by atoms with van der Waals surface area (Å²) in [6.45, 7) is 3.15. The van der Waals surface area contributed by atoms with E-state index in [0.717, 1.165) is 12.8 Å². The standard InChI is InChI=1S/C23H23ClN10O2/c1-12-10-33(11-17(12)30-23(35)36-2)18-6-13(7-25)5-16(19(18)24)29-22-31-20(28-14-3-4-14)21-27-9-15(8-26)34(21)32-22/h5-6,9,12,14,17H,3-4,10-11H2,1-2H3,(H,30,35)(H2,28,29,31,32)/t12-,17-/m1/s1. The van der Waals surface area contributed by atoms with Crippen LogP contribution in [0.25, 0.3) is 5.65 Å². The maximum Gasteiger partial charge on any atom is 0.407 e. The number of methoxy groups -OCH3 is 1. The number of nitrogens with one attached hydrogen (secondary N) is 3. The van der Waals surface area contributed by atoms with E-state index in [2.05, 4.69) is 43.2 Å². The molecule has 1 aliphatic carbocycles. The van der Waals surface area contributed by atoms with E-state index in [1.165, 1.54) is 17.8 Å². The minimum atomic E-state index is -0.493. The number of fused-ring (bicyclic) bond motifs is 1. The molecule has 0 bridgehead atoms. The number of aromatic nitrogens is 4. The van der Waals surface area contributed by atoms with E-state index in [1.54, 1.807) is 12.1 Å². The van der Waals surface area contributed by atoms with Crippen molar-refractivity contribution in [2.24, 2.45) is 5.92 Å². The number of benzene rings is 1. The zero-order valence-electron chi connectivity index (χ0n) is 19.6. The van der Waals surface area contributed by atoms with Crippen LogP contribution in [0.3, 0.4) is 0 Å². The van der Waals surface area contributed by atoms with Crippen molar-refractivity contribution >= 4 is 46.5 Å². The lowest BCUT2D eigenvalue weighted by molar-refractivity contribution is 0.165. The van der Waals surface area contributed by atoms with Gasteiger partial charge in [0.1, 0.15) is 6.07 Å². The van der Waals surface area contributed by atoms with Crippen molar-refractivity contribution in [3.05, 3.63) is 34.6 Å². The lowest BCUT2D eigenvalue weighted by atomic mass is 10.1. The average molecular weight is 507 g/mol. The van der Waals surface area contributed by atoms with Crippen LogP contribution in [0, 0.1) is 28.6 Å². The number of alkyl carbamates (subject to hydrolysis) is 1. The molecule has 2 atom stereocenters. The third kappa shape index (κ3) is 4.51.